The van der Waals surface area contributed by atoms with Crippen LogP contribution < -0.4 is 11.2 Å². The van der Waals surface area contributed by atoms with E-state index in [4.69, 9.17) is 28.5 Å². The van der Waals surface area contributed by atoms with Crippen LogP contribution in [0.2, 0.25) is 10.0 Å². The highest BCUT2D eigenvalue weighted by molar-refractivity contribution is 6.37. The van der Waals surface area contributed by atoms with Crippen LogP contribution in [0.3, 0.4) is 0 Å². The standard InChI is InChI=1S/C11H5Cl2N3O2/c12-7-2-1-3-8(13)9(7)16-5-6(4-14)10(17)15-11(16)18/h1-3,5H,(H,15,17,18). The molecule has 5 nitrogen and oxygen atoms in total. The molecule has 0 aliphatic carbocycles. The maximum atomic E-state index is 11.7. The van der Waals surface area contributed by atoms with Gasteiger partial charge in [-0.15, -0.1) is 0 Å². The quantitative estimate of drug-likeness (QED) is 0.864. The molecule has 0 saturated carbocycles. The molecule has 1 aromatic carbocycles. The van der Waals surface area contributed by atoms with Crippen LogP contribution in [-0.4, -0.2) is 9.55 Å². The van der Waals surface area contributed by atoms with E-state index in [0.29, 0.717) is 0 Å². The summed E-state index contributed by atoms with van der Waals surface area (Å²) in [7, 11) is 0. The fraction of sp³-hybridized carbons (Fsp3) is 0. The first kappa shape index (κ1) is 12.4. The first-order valence-corrected chi connectivity index (χ1v) is 5.50. The maximum absolute atomic E-state index is 11.7. The van der Waals surface area contributed by atoms with Crippen molar-refractivity contribution in [2.24, 2.45) is 0 Å². The first-order valence-electron chi connectivity index (χ1n) is 4.75. The molecule has 0 unspecified atom stereocenters. The molecule has 18 heavy (non-hydrogen) atoms. The predicted octanol–water partition coefficient (Wildman–Crippen LogP) is 1.70. The lowest BCUT2D eigenvalue weighted by Gasteiger charge is -2.09. The van der Waals surface area contributed by atoms with Crippen LogP contribution in [0.5, 0.6) is 0 Å². The number of aromatic amines is 1. The van der Waals surface area contributed by atoms with Gasteiger partial charge in [-0.25, -0.2) is 4.79 Å². The van der Waals surface area contributed by atoms with Gasteiger partial charge in [-0.2, -0.15) is 5.26 Å². The van der Waals surface area contributed by atoms with Gasteiger partial charge < -0.3 is 0 Å². The van der Waals surface area contributed by atoms with Gasteiger partial charge in [-0.1, -0.05) is 29.3 Å². The molecule has 90 valence electrons. The summed E-state index contributed by atoms with van der Waals surface area (Å²) in [6.07, 6.45) is 1.11. The predicted molar refractivity (Wildman–Crippen MR) is 67.4 cm³/mol. The molecule has 0 spiro atoms. The molecule has 2 aromatic rings. The molecular weight excluding hydrogens is 277 g/mol. The van der Waals surface area contributed by atoms with E-state index in [1.807, 2.05) is 4.98 Å². The number of aromatic nitrogens is 2. The van der Waals surface area contributed by atoms with Gasteiger partial charge in [0, 0.05) is 6.20 Å². The number of hydrogen-bond donors (Lipinski definition) is 1. The Morgan fingerprint density at radius 2 is 1.83 bits per heavy atom. The van der Waals surface area contributed by atoms with Crippen molar-refractivity contribution < 1.29 is 0 Å². The highest BCUT2D eigenvalue weighted by atomic mass is 35.5. The lowest BCUT2D eigenvalue weighted by Crippen LogP contribution is -2.30. The van der Waals surface area contributed by atoms with Crippen LogP contribution in [0, 0.1) is 11.3 Å². The third-order valence-corrected chi connectivity index (χ3v) is 2.85. The molecule has 0 atom stereocenters. The van der Waals surface area contributed by atoms with Crippen molar-refractivity contribution >= 4 is 23.2 Å². The summed E-state index contributed by atoms with van der Waals surface area (Å²) in [5, 5.41) is 9.24. The molecule has 0 amide bonds. The molecule has 0 aliphatic heterocycles. The van der Waals surface area contributed by atoms with Gasteiger partial charge in [0.05, 0.1) is 15.7 Å². The van der Waals surface area contributed by atoms with Crippen molar-refractivity contribution in [2.75, 3.05) is 0 Å². The monoisotopic (exact) mass is 281 g/mol. The summed E-state index contributed by atoms with van der Waals surface area (Å²) in [5.41, 5.74) is -1.44. The van der Waals surface area contributed by atoms with E-state index in [1.165, 1.54) is 0 Å². The normalized spacial score (nSPS) is 10.1. The Bertz CT molecular complexity index is 751. The zero-order valence-electron chi connectivity index (χ0n) is 8.78. The van der Waals surface area contributed by atoms with E-state index < -0.39 is 11.2 Å². The largest absolute Gasteiger partial charge is 0.333 e. The Morgan fingerprint density at radius 1 is 1.22 bits per heavy atom. The smallest absolute Gasteiger partial charge is 0.273 e. The minimum absolute atomic E-state index is 0.203. The average Bonchev–Trinajstić information content (AvgIpc) is 2.31. The zero-order chi connectivity index (χ0) is 13.3. The van der Waals surface area contributed by atoms with E-state index in [-0.39, 0.29) is 21.3 Å². The van der Waals surface area contributed by atoms with Crippen molar-refractivity contribution in [3.8, 4) is 11.8 Å². The Labute approximate surface area is 111 Å². The van der Waals surface area contributed by atoms with Gasteiger partial charge >= 0.3 is 5.69 Å². The van der Waals surface area contributed by atoms with Crippen LogP contribution >= 0.6 is 23.2 Å². The van der Waals surface area contributed by atoms with Crippen molar-refractivity contribution in [2.45, 2.75) is 0 Å². The molecule has 1 aromatic heterocycles. The summed E-state index contributed by atoms with van der Waals surface area (Å²) in [6, 6.07) is 6.40. The first-order chi connectivity index (χ1) is 8.54. The summed E-state index contributed by atoms with van der Waals surface area (Å²) in [5.74, 6) is 0. The fourth-order valence-electron chi connectivity index (χ4n) is 1.44. The van der Waals surface area contributed by atoms with Crippen molar-refractivity contribution in [3.05, 3.63) is 60.8 Å². The second-order valence-corrected chi connectivity index (χ2v) is 4.17. The zero-order valence-corrected chi connectivity index (χ0v) is 10.3. The SMILES string of the molecule is N#Cc1cn(-c2c(Cl)cccc2Cl)c(=O)[nH]c1=O. The summed E-state index contributed by atoms with van der Waals surface area (Å²) >= 11 is 11.9. The highest BCUT2D eigenvalue weighted by Gasteiger charge is 2.11. The van der Waals surface area contributed by atoms with Gasteiger partial charge in [0.15, 0.2) is 0 Å². The number of halogens is 2. The van der Waals surface area contributed by atoms with Crippen molar-refractivity contribution in [3.63, 3.8) is 0 Å². The number of hydrogen-bond acceptors (Lipinski definition) is 3. The number of H-pyrrole nitrogens is 1. The summed E-state index contributed by atoms with van der Waals surface area (Å²) < 4.78 is 1.03. The second kappa shape index (κ2) is 4.69. The van der Waals surface area contributed by atoms with Crippen LogP contribution in [-0.2, 0) is 0 Å². The molecule has 0 aliphatic rings. The molecular formula is C11H5Cl2N3O2. The number of benzene rings is 1. The number of para-hydroxylation sites is 1. The van der Waals surface area contributed by atoms with Crippen LogP contribution in [0.25, 0.3) is 5.69 Å². The second-order valence-electron chi connectivity index (χ2n) is 3.35. The Morgan fingerprint density at radius 3 is 2.39 bits per heavy atom. The third-order valence-electron chi connectivity index (χ3n) is 2.24. The van der Waals surface area contributed by atoms with Gasteiger partial charge in [0.25, 0.3) is 5.56 Å². The Balaban J connectivity index is 2.85. The number of nitrogens with one attached hydrogen (secondary N) is 1. The number of nitrogens with zero attached hydrogens (tertiary/aromatic N) is 2. The van der Waals surface area contributed by atoms with E-state index in [9.17, 15) is 9.59 Å². The molecule has 2 rings (SSSR count). The number of rotatable bonds is 1. The highest BCUT2D eigenvalue weighted by Crippen LogP contribution is 2.26. The van der Waals surface area contributed by atoms with Gasteiger partial charge in [-0.3, -0.25) is 14.3 Å². The lowest BCUT2D eigenvalue weighted by atomic mass is 10.3. The molecule has 1 heterocycles. The molecule has 7 heteroatoms. The topological polar surface area (TPSA) is 78.7 Å². The molecule has 0 bridgehead atoms. The van der Waals surface area contributed by atoms with Crippen molar-refractivity contribution in [1.29, 1.82) is 5.26 Å². The van der Waals surface area contributed by atoms with Gasteiger partial charge in [-0.05, 0) is 12.1 Å². The van der Waals surface area contributed by atoms with Gasteiger partial charge in [0.2, 0.25) is 0 Å². The lowest BCUT2D eigenvalue weighted by molar-refractivity contribution is 0.889. The Hall–Kier alpha value is -2.03. The summed E-state index contributed by atoms with van der Waals surface area (Å²) in [4.78, 5) is 25.0. The van der Waals surface area contributed by atoms with E-state index in [2.05, 4.69) is 0 Å². The maximum Gasteiger partial charge on any atom is 0.333 e. The van der Waals surface area contributed by atoms with Crippen LogP contribution in [0.4, 0.5) is 0 Å². The van der Waals surface area contributed by atoms with Crippen molar-refractivity contribution in [1.82, 2.24) is 9.55 Å². The van der Waals surface area contributed by atoms with Gasteiger partial charge in [0.1, 0.15) is 11.6 Å². The fourth-order valence-corrected chi connectivity index (χ4v) is 2.02. The minimum atomic E-state index is -0.748. The molecule has 1 N–H and O–H groups in total. The third kappa shape index (κ3) is 2.04. The van der Waals surface area contributed by atoms with E-state index in [1.54, 1.807) is 24.3 Å². The number of nitriles is 1. The van der Waals surface area contributed by atoms with Crippen LogP contribution in [0.1, 0.15) is 5.56 Å². The molecule has 0 radical (unpaired) electrons. The Kier molecular flexibility index (Phi) is 3.24. The van der Waals surface area contributed by atoms with E-state index in [0.717, 1.165) is 10.8 Å². The molecule has 0 saturated heterocycles. The summed E-state index contributed by atoms with van der Waals surface area (Å²) in [6.45, 7) is 0. The minimum Gasteiger partial charge on any atom is -0.273 e. The van der Waals surface area contributed by atoms with Crippen LogP contribution in [0.15, 0.2) is 34.0 Å². The average molecular weight is 282 g/mol. The van der Waals surface area contributed by atoms with E-state index >= 15 is 0 Å². The molecule has 0 fully saturated rings.